The molecule has 0 aromatic heterocycles. The highest BCUT2D eigenvalue weighted by atomic mass is 79.9. The molecule has 2 heteroatoms. The Morgan fingerprint density at radius 3 is 2.67 bits per heavy atom. The van der Waals surface area contributed by atoms with Crippen LogP contribution in [0.4, 0.5) is 0 Å². The first-order chi connectivity index (χ1) is 4.27. The third-order valence-electron chi connectivity index (χ3n) is 0.919. The monoisotopic (exact) mass is 190 g/mol. The van der Waals surface area contributed by atoms with E-state index >= 15 is 0 Å². The molecule has 0 aromatic carbocycles. The number of hydrogen-bond donors (Lipinski definition) is 0. The molecule has 0 unspecified atom stereocenters. The standard InChI is InChI=1S/C7H11BrO/c1-7(9)5-3-2-4-6-8/h2,4H,3,5-6H2,1H3/b4-2+. The van der Waals surface area contributed by atoms with Crippen LogP contribution in [0.25, 0.3) is 0 Å². The molecule has 0 saturated carbocycles. The predicted octanol–water partition coefficient (Wildman–Crippen LogP) is 2.31. The second-order valence-corrected chi connectivity index (χ2v) is 2.51. The Labute approximate surface area is 64.3 Å². The molecule has 0 aliphatic carbocycles. The summed E-state index contributed by atoms with van der Waals surface area (Å²) >= 11 is 3.24. The first kappa shape index (κ1) is 8.89. The molecule has 0 rings (SSSR count). The van der Waals surface area contributed by atoms with Crippen LogP contribution in [-0.2, 0) is 4.79 Å². The number of halogens is 1. The van der Waals surface area contributed by atoms with E-state index in [0.29, 0.717) is 6.42 Å². The van der Waals surface area contributed by atoms with Crippen molar-refractivity contribution in [3.63, 3.8) is 0 Å². The Morgan fingerprint density at radius 1 is 1.56 bits per heavy atom. The van der Waals surface area contributed by atoms with Gasteiger partial charge in [-0.25, -0.2) is 0 Å². The summed E-state index contributed by atoms with van der Waals surface area (Å²) in [5, 5.41) is 0.880. The van der Waals surface area contributed by atoms with E-state index in [2.05, 4.69) is 15.9 Å². The van der Waals surface area contributed by atoms with E-state index in [-0.39, 0.29) is 5.78 Å². The van der Waals surface area contributed by atoms with Gasteiger partial charge in [-0.3, -0.25) is 0 Å². The van der Waals surface area contributed by atoms with Gasteiger partial charge in [-0.15, -0.1) is 0 Å². The molecular weight excluding hydrogens is 180 g/mol. The third kappa shape index (κ3) is 7.89. The molecule has 9 heavy (non-hydrogen) atoms. The molecule has 0 radical (unpaired) electrons. The fourth-order valence-electron chi connectivity index (χ4n) is 0.467. The molecule has 0 fully saturated rings. The average Bonchev–Trinajstić information content (AvgIpc) is 1.80. The van der Waals surface area contributed by atoms with Crippen molar-refractivity contribution >= 4 is 21.7 Å². The van der Waals surface area contributed by atoms with Gasteiger partial charge in [0.1, 0.15) is 5.78 Å². The summed E-state index contributed by atoms with van der Waals surface area (Å²) in [7, 11) is 0. The van der Waals surface area contributed by atoms with E-state index in [1.54, 1.807) is 6.92 Å². The fourth-order valence-corrected chi connectivity index (χ4v) is 0.732. The van der Waals surface area contributed by atoms with E-state index in [0.717, 1.165) is 11.8 Å². The lowest BCUT2D eigenvalue weighted by atomic mass is 10.2. The van der Waals surface area contributed by atoms with Crippen LogP contribution in [0.5, 0.6) is 0 Å². The van der Waals surface area contributed by atoms with Crippen LogP contribution in [0.3, 0.4) is 0 Å². The highest BCUT2D eigenvalue weighted by Crippen LogP contribution is 1.92. The maximum Gasteiger partial charge on any atom is 0.130 e. The minimum Gasteiger partial charge on any atom is -0.300 e. The number of carbonyl (C=O) groups is 1. The van der Waals surface area contributed by atoms with Crippen molar-refractivity contribution in [2.45, 2.75) is 19.8 Å². The van der Waals surface area contributed by atoms with Crippen molar-refractivity contribution in [2.75, 3.05) is 5.33 Å². The Hall–Kier alpha value is -0.110. The molecule has 1 nitrogen and oxygen atoms in total. The molecule has 0 saturated heterocycles. The summed E-state index contributed by atoms with van der Waals surface area (Å²) < 4.78 is 0. The van der Waals surface area contributed by atoms with Crippen LogP contribution in [0.15, 0.2) is 12.2 Å². The van der Waals surface area contributed by atoms with E-state index in [1.165, 1.54) is 0 Å². The lowest BCUT2D eigenvalue weighted by molar-refractivity contribution is -0.116. The molecule has 0 spiro atoms. The van der Waals surface area contributed by atoms with Crippen LogP contribution in [0.2, 0.25) is 0 Å². The molecule has 0 atom stereocenters. The Kier molecular flexibility index (Phi) is 5.94. The lowest BCUT2D eigenvalue weighted by Gasteiger charge is -1.85. The summed E-state index contributed by atoms with van der Waals surface area (Å²) in [6.07, 6.45) is 5.56. The number of ketones is 1. The highest BCUT2D eigenvalue weighted by molar-refractivity contribution is 9.09. The quantitative estimate of drug-likeness (QED) is 0.492. The molecule has 0 aliphatic heterocycles. The van der Waals surface area contributed by atoms with E-state index < -0.39 is 0 Å². The largest absolute Gasteiger partial charge is 0.300 e. The number of Topliss-reactive ketones (excluding diaryl/α,β-unsaturated/α-hetero) is 1. The summed E-state index contributed by atoms with van der Waals surface area (Å²) in [6.45, 7) is 1.61. The smallest absolute Gasteiger partial charge is 0.130 e. The second-order valence-electron chi connectivity index (χ2n) is 1.87. The fraction of sp³-hybridized carbons (Fsp3) is 0.571. The first-order valence-corrected chi connectivity index (χ1v) is 4.10. The van der Waals surface area contributed by atoms with Gasteiger partial charge in [0.2, 0.25) is 0 Å². The highest BCUT2D eigenvalue weighted by Gasteiger charge is 1.86. The SMILES string of the molecule is CC(=O)CC/C=C/CBr. The van der Waals surface area contributed by atoms with Crippen molar-refractivity contribution in [1.82, 2.24) is 0 Å². The third-order valence-corrected chi connectivity index (χ3v) is 1.29. The Bertz CT molecular complexity index is 107. The molecular formula is C7H11BrO. The van der Waals surface area contributed by atoms with Crippen LogP contribution in [0.1, 0.15) is 19.8 Å². The van der Waals surface area contributed by atoms with Gasteiger partial charge in [0.05, 0.1) is 0 Å². The summed E-state index contributed by atoms with van der Waals surface area (Å²) in [5.41, 5.74) is 0. The number of allylic oxidation sites excluding steroid dienone is 2. The van der Waals surface area contributed by atoms with Crippen molar-refractivity contribution in [2.24, 2.45) is 0 Å². The van der Waals surface area contributed by atoms with Gasteiger partial charge >= 0.3 is 0 Å². The van der Waals surface area contributed by atoms with Gasteiger partial charge < -0.3 is 4.79 Å². The summed E-state index contributed by atoms with van der Waals surface area (Å²) in [6, 6.07) is 0. The van der Waals surface area contributed by atoms with Gasteiger partial charge in [0, 0.05) is 11.8 Å². The van der Waals surface area contributed by atoms with Crippen molar-refractivity contribution in [3.8, 4) is 0 Å². The zero-order chi connectivity index (χ0) is 7.11. The van der Waals surface area contributed by atoms with Gasteiger partial charge in [0.15, 0.2) is 0 Å². The minimum absolute atomic E-state index is 0.259. The van der Waals surface area contributed by atoms with E-state index in [4.69, 9.17) is 0 Å². The van der Waals surface area contributed by atoms with E-state index in [9.17, 15) is 4.79 Å². The number of alkyl halides is 1. The summed E-state index contributed by atoms with van der Waals surface area (Å²) in [4.78, 5) is 10.4. The zero-order valence-corrected chi connectivity index (χ0v) is 7.15. The number of hydrogen-bond acceptors (Lipinski definition) is 1. The molecule has 0 bridgehead atoms. The molecule has 0 aromatic rings. The van der Waals surface area contributed by atoms with Crippen molar-refractivity contribution < 1.29 is 4.79 Å². The van der Waals surface area contributed by atoms with Crippen LogP contribution >= 0.6 is 15.9 Å². The Balaban J connectivity index is 3.09. The predicted molar refractivity (Wildman–Crippen MR) is 42.8 cm³/mol. The van der Waals surface area contributed by atoms with Crippen LogP contribution in [0, 0.1) is 0 Å². The summed E-state index contributed by atoms with van der Waals surface area (Å²) in [5.74, 6) is 0.259. The Morgan fingerprint density at radius 2 is 2.22 bits per heavy atom. The average molecular weight is 191 g/mol. The van der Waals surface area contributed by atoms with Gasteiger partial charge in [-0.1, -0.05) is 28.1 Å². The first-order valence-electron chi connectivity index (χ1n) is 2.97. The maximum absolute atomic E-state index is 10.4. The zero-order valence-electron chi connectivity index (χ0n) is 5.56. The van der Waals surface area contributed by atoms with Gasteiger partial charge in [-0.2, -0.15) is 0 Å². The van der Waals surface area contributed by atoms with Gasteiger partial charge in [0.25, 0.3) is 0 Å². The van der Waals surface area contributed by atoms with Crippen LogP contribution in [-0.4, -0.2) is 11.1 Å². The molecule has 0 amide bonds. The molecule has 0 N–H and O–H groups in total. The second kappa shape index (κ2) is 6.02. The maximum atomic E-state index is 10.4. The molecule has 0 heterocycles. The van der Waals surface area contributed by atoms with Crippen molar-refractivity contribution in [1.29, 1.82) is 0 Å². The van der Waals surface area contributed by atoms with Gasteiger partial charge in [-0.05, 0) is 13.3 Å². The van der Waals surface area contributed by atoms with Crippen LogP contribution < -0.4 is 0 Å². The lowest BCUT2D eigenvalue weighted by Crippen LogP contribution is -1.86. The van der Waals surface area contributed by atoms with E-state index in [1.807, 2.05) is 12.2 Å². The molecule has 52 valence electrons. The van der Waals surface area contributed by atoms with Crippen molar-refractivity contribution in [3.05, 3.63) is 12.2 Å². The number of carbonyl (C=O) groups excluding carboxylic acids is 1. The molecule has 0 aliphatic rings. The number of rotatable bonds is 4. The normalized spacial score (nSPS) is 10.4. The minimum atomic E-state index is 0.259. The topological polar surface area (TPSA) is 17.1 Å².